The summed E-state index contributed by atoms with van der Waals surface area (Å²) in [6, 6.07) is 7.96. The van der Waals surface area contributed by atoms with E-state index in [9.17, 15) is 4.79 Å². The van der Waals surface area contributed by atoms with Gasteiger partial charge < -0.3 is 15.0 Å². The number of aryl methyl sites for hydroxylation is 2. The monoisotopic (exact) mass is 340 g/mol. The number of hydrogen-bond acceptors (Lipinski definition) is 5. The Morgan fingerprint density at radius 3 is 3.00 bits per heavy atom. The fourth-order valence-electron chi connectivity index (χ4n) is 3.27. The molecule has 1 amide bonds. The van der Waals surface area contributed by atoms with Crippen LogP contribution in [0.4, 0.5) is 11.5 Å². The molecule has 2 aromatic rings. The molecular weight excluding hydrogens is 316 g/mol. The zero-order chi connectivity index (χ0) is 17.8. The maximum Gasteiger partial charge on any atom is 0.249 e. The van der Waals surface area contributed by atoms with Crippen molar-refractivity contribution < 1.29 is 9.53 Å². The van der Waals surface area contributed by atoms with Crippen LogP contribution in [0, 0.1) is 13.8 Å². The summed E-state index contributed by atoms with van der Waals surface area (Å²) < 4.78 is 5.01. The van der Waals surface area contributed by atoms with Gasteiger partial charge in [-0.1, -0.05) is 6.07 Å². The van der Waals surface area contributed by atoms with E-state index >= 15 is 0 Å². The molecule has 0 saturated carbocycles. The van der Waals surface area contributed by atoms with Gasteiger partial charge in [0, 0.05) is 31.2 Å². The number of carbonyl (C=O) groups is 1. The first kappa shape index (κ1) is 17.4. The molecule has 1 fully saturated rings. The Balaban J connectivity index is 1.86. The molecule has 1 aliphatic rings. The van der Waals surface area contributed by atoms with Crippen LogP contribution < -0.4 is 5.32 Å². The Morgan fingerprint density at radius 1 is 1.40 bits per heavy atom. The summed E-state index contributed by atoms with van der Waals surface area (Å²) in [5.41, 5.74) is 3.85. The maximum atomic E-state index is 12.3. The minimum atomic E-state index is 0.00734. The smallest absolute Gasteiger partial charge is 0.249 e. The van der Waals surface area contributed by atoms with Crippen molar-refractivity contribution >= 4 is 17.4 Å². The predicted molar refractivity (Wildman–Crippen MR) is 96.8 cm³/mol. The number of carbonyl (C=O) groups excluding carboxylic acids is 1. The second-order valence-corrected chi connectivity index (χ2v) is 6.39. The average Bonchev–Trinajstić information content (AvgIpc) is 3.06. The van der Waals surface area contributed by atoms with Crippen molar-refractivity contribution in [3.63, 3.8) is 0 Å². The van der Waals surface area contributed by atoms with E-state index in [1.54, 1.807) is 13.3 Å². The molecule has 0 unspecified atom stereocenters. The molecule has 1 saturated heterocycles. The number of hydrogen-bond donors (Lipinski definition) is 1. The van der Waals surface area contributed by atoms with Gasteiger partial charge in [-0.25, -0.2) is 4.98 Å². The Kier molecular flexibility index (Phi) is 5.28. The minimum absolute atomic E-state index is 0.00734. The lowest BCUT2D eigenvalue weighted by Crippen LogP contribution is -2.33. The fourth-order valence-corrected chi connectivity index (χ4v) is 3.27. The van der Waals surface area contributed by atoms with Crippen LogP contribution in [0.25, 0.3) is 0 Å². The van der Waals surface area contributed by atoms with Crippen molar-refractivity contribution in [3.05, 3.63) is 47.4 Å². The van der Waals surface area contributed by atoms with Gasteiger partial charge >= 0.3 is 0 Å². The normalized spacial score (nSPS) is 16.9. The molecule has 1 N–H and O–H groups in total. The SMILES string of the molecule is COCC(=O)N1CCC[C@H]1c1cc(Nc2ncccc2C)cc(C)n1. The van der Waals surface area contributed by atoms with Crippen LogP contribution in [0.3, 0.4) is 0 Å². The van der Waals surface area contributed by atoms with Crippen LogP contribution in [0.2, 0.25) is 0 Å². The highest BCUT2D eigenvalue weighted by Gasteiger charge is 2.31. The number of ether oxygens (including phenoxy) is 1. The highest BCUT2D eigenvalue weighted by molar-refractivity contribution is 5.78. The topological polar surface area (TPSA) is 67.3 Å². The number of amides is 1. The number of aromatic nitrogens is 2. The molecule has 0 radical (unpaired) electrons. The van der Waals surface area contributed by atoms with E-state index in [0.717, 1.165) is 47.8 Å². The molecule has 132 valence electrons. The third-order valence-electron chi connectivity index (χ3n) is 4.43. The molecule has 1 aliphatic heterocycles. The summed E-state index contributed by atoms with van der Waals surface area (Å²) in [5.74, 6) is 0.848. The van der Waals surface area contributed by atoms with Gasteiger partial charge in [-0.05, 0) is 50.5 Å². The summed E-state index contributed by atoms with van der Waals surface area (Å²) >= 11 is 0. The van der Waals surface area contributed by atoms with E-state index in [4.69, 9.17) is 4.74 Å². The lowest BCUT2D eigenvalue weighted by Gasteiger charge is -2.25. The van der Waals surface area contributed by atoms with Crippen molar-refractivity contribution in [1.29, 1.82) is 0 Å². The fraction of sp³-hybridized carbons (Fsp3) is 0.421. The number of methoxy groups -OCH3 is 1. The van der Waals surface area contributed by atoms with E-state index in [0.29, 0.717) is 0 Å². The summed E-state index contributed by atoms with van der Waals surface area (Å²) in [5, 5.41) is 3.37. The molecule has 25 heavy (non-hydrogen) atoms. The van der Waals surface area contributed by atoms with Crippen LogP contribution in [0.1, 0.15) is 35.8 Å². The van der Waals surface area contributed by atoms with Crippen molar-refractivity contribution in [2.75, 3.05) is 25.6 Å². The molecule has 3 heterocycles. The molecule has 0 aromatic carbocycles. The summed E-state index contributed by atoms with van der Waals surface area (Å²) in [7, 11) is 1.55. The summed E-state index contributed by atoms with van der Waals surface area (Å²) in [6.07, 6.45) is 3.68. The lowest BCUT2D eigenvalue weighted by molar-refractivity contribution is -0.136. The third-order valence-corrected chi connectivity index (χ3v) is 4.43. The van der Waals surface area contributed by atoms with E-state index in [1.807, 2.05) is 43.0 Å². The number of nitrogens with one attached hydrogen (secondary N) is 1. The highest BCUT2D eigenvalue weighted by atomic mass is 16.5. The van der Waals surface area contributed by atoms with Crippen molar-refractivity contribution in [1.82, 2.24) is 14.9 Å². The molecule has 2 aromatic heterocycles. The number of rotatable bonds is 5. The molecule has 6 nitrogen and oxygen atoms in total. The molecule has 0 spiro atoms. The Hall–Kier alpha value is -2.47. The third kappa shape index (κ3) is 3.96. The van der Waals surface area contributed by atoms with Gasteiger partial charge in [0.25, 0.3) is 0 Å². The van der Waals surface area contributed by atoms with Crippen LogP contribution in [-0.4, -0.2) is 41.0 Å². The molecule has 6 heteroatoms. The Morgan fingerprint density at radius 2 is 2.24 bits per heavy atom. The van der Waals surface area contributed by atoms with E-state index < -0.39 is 0 Å². The average molecular weight is 340 g/mol. The second-order valence-electron chi connectivity index (χ2n) is 6.39. The molecule has 3 rings (SSSR count). The van der Waals surface area contributed by atoms with E-state index in [2.05, 4.69) is 15.3 Å². The number of anilines is 2. The number of nitrogens with zero attached hydrogens (tertiary/aromatic N) is 3. The number of likely N-dealkylation sites (tertiary alicyclic amines) is 1. The zero-order valence-corrected chi connectivity index (χ0v) is 15.0. The van der Waals surface area contributed by atoms with Crippen molar-refractivity contribution in [2.24, 2.45) is 0 Å². The van der Waals surface area contributed by atoms with Crippen LogP contribution in [0.15, 0.2) is 30.5 Å². The standard InChI is InChI=1S/C19H24N4O2/c1-13-6-4-8-20-19(13)22-15-10-14(2)21-16(11-15)17-7-5-9-23(17)18(24)12-25-3/h4,6,8,10-11,17H,5,7,9,12H2,1-3H3,(H,20,21,22)/t17-/m0/s1. The second kappa shape index (κ2) is 7.61. The first-order valence-electron chi connectivity index (χ1n) is 8.54. The minimum Gasteiger partial charge on any atom is -0.375 e. The molecule has 0 aliphatic carbocycles. The van der Waals surface area contributed by atoms with Gasteiger partial charge in [-0.15, -0.1) is 0 Å². The lowest BCUT2D eigenvalue weighted by atomic mass is 10.1. The summed E-state index contributed by atoms with van der Waals surface area (Å²) in [4.78, 5) is 23.2. The van der Waals surface area contributed by atoms with Crippen LogP contribution >= 0.6 is 0 Å². The van der Waals surface area contributed by atoms with Gasteiger partial charge in [0.2, 0.25) is 5.91 Å². The quantitative estimate of drug-likeness (QED) is 0.906. The molecule has 0 bridgehead atoms. The van der Waals surface area contributed by atoms with E-state index in [1.165, 1.54) is 0 Å². The zero-order valence-electron chi connectivity index (χ0n) is 15.0. The molecular formula is C19H24N4O2. The first-order valence-corrected chi connectivity index (χ1v) is 8.54. The van der Waals surface area contributed by atoms with Gasteiger partial charge in [-0.2, -0.15) is 0 Å². The molecule has 1 atom stereocenters. The highest BCUT2D eigenvalue weighted by Crippen LogP contribution is 2.33. The Bertz CT molecular complexity index is 763. The predicted octanol–water partition coefficient (Wildman–Crippen LogP) is 3.15. The van der Waals surface area contributed by atoms with Crippen molar-refractivity contribution in [3.8, 4) is 0 Å². The Labute approximate surface area is 148 Å². The van der Waals surface area contributed by atoms with Gasteiger partial charge in [0.1, 0.15) is 12.4 Å². The number of pyridine rings is 2. The van der Waals surface area contributed by atoms with Gasteiger partial charge in [0.15, 0.2) is 0 Å². The van der Waals surface area contributed by atoms with Gasteiger partial charge in [-0.3, -0.25) is 9.78 Å². The maximum absolute atomic E-state index is 12.3. The first-order chi connectivity index (χ1) is 12.1. The van der Waals surface area contributed by atoms with Crippen molar-refractivity contribution in [2.45, 2.75) is 32.7 Å². The van der Waals surface area contributed by atoms with Crippen LogP contribution in [-0.2, 0) is 9.53 Å². The van der Waals surface area contributed by atoms with E-state index in [-0.39, 0.29) is 18.6 Å². The van der Waals surface area contributed by atoms with Crippen LogP contribution in [0.5, 0.6) is 0 Å². The van der Waals surface area contributed by atoms with Gasteiger partial charge in [0.05, 0.1) is 11.7 Å². The largest absolute Gasteiger partial charge is 0.375 e. The summed E-state index contributed by atoms with van der Waals surface area (Å²) in [6.45, 7) is 4.85.